The van der Waals surface area contributed by atoms with E-state index in [0.717, 1.165) is 6.42 Å². The Balaban J connectivity index is 2.14. The Bertz CT molecular complexity index is 252. The molecule has 2 aliphatic carbocycles. The second-order valence-electron chi connectivity index (χ2n) is 4.56. The van der Waals surface area contributed by atoms with Crippen molar-refractivity contribution in [1.29, 1.82) is 0 Å². The lowest BCUT2D eigenvalue weighted by molar-refractivity contribution is 0.188. The quantitative estimate of drug-likeness (QED) is 0.667. The summed E-state index contributed by atoms with van der Waals surface area (Å²) in [5.41, 5.74) is 1.61. The molecule has 0 aromatic heterocycles. The summed E-state index contributed by atoms with van der Waals surface area (Å²) >= 11 is 0. The minimum Gasteiger partial charge on any atom is -0.396 e. The van der Waals surface area contributed by atoms with Gasteiger partial charge in [-0.25, -0.2) is 0 Å². The van der Waals surface area contributed by atoms with E-state index < -0.39 is 0 Å². The highest BCUT2D eigenvalue weighted by Crippen LogP contribution is 2.41. The molecule has 14 heavy (non-hydrogen) atoms. The summed E-state index contributed by atoms with van der Waals surface area (Å²) in [6.07, 6.45) is 11.8. The number of fused-ring (bicyclic) bond motifs is 2. The van der Waals surface area contributed by atoms with Gasteiger partial charge in [-0.1, -0.05) is 30.7 Å². The maximum Gasteiger partial charge on any atom is 0.0465 e. The molecule has 2 bridgehead atoms. The monoisotopic (exact) mass is 192 g/mol. The lowest BCUT2D eigenvalue weighted by atomic mass is 9.90. The molecule has 0 aromatic carbocycles. The van der Waals surface area contributed by atoms with Crippen LogP contribution in [-0.2, 0) is 0 Å². The zero-order valence-electron chi connectivity index (χ0n) is 8.95. The van der Waals surface area contributed by atoms with Crippen molar-refractivity contribution in [2.45, 2.75) is 32.6 Å². The first-order chi connectivity index (χ1) is 6.85. The molecule has 0 radical (unpaired) electrons. The van der Waals surface area contributed by atoms with E-state index in [0.29, 0.717) is 24.4 Å². The first-order valence-electron chi connectivity index (χ1n) is 5.83. The Morgan fingerprint density at radius 2 is 2.36 bits per heavy atom. The van der Waals surface area contributed by atoms with Crippen molar-refractivity contribution in [3.63, 3.8) is 0 Å². The Morgan fingerprint density at radius 3 is 3.07 bits per heavy atom. The van der Waals surface area contributed by atoms with Crippen LogP contribution in [0.1, 0.15) is 32.6 Å². The molecule has 0 saturated heterocycles. The molecule has 78 valence electrons. The molecule has 1 N–H and O–H groups in total. The second kappa shape index (κ2) is 4.31. The lowest BCUT2D eigenvalue weighted by Crippen LogP contribution is -2.13. The van der Waals surface area contributed by atoms with Gasteiger partial charge in [-0.15, -0.1) is 0 Å². The fourth-order valence-corrected chi connectivity index (χ4v) is 2.85. The third-order valence-corrected chi connectivity index (χ3v) is 3.70. The third kappa shape index (κ3) is 1.78. The Kier molecular flexibility index (Phi) is 3.07. The van der Waals surface area contributed by atoms with Gasteiger partial charge in [0.05, 0.1) is 0 Å². The first kappa shape index (κ1) is 9.97. The van der Waals surface area contributed by atoms with Crippen LogP contribution in [0.15, 0.2) is 23.8 Å². The van der Waals surface area contributed by atoms with Gasteiger partial charge in [-0.2, -0.15) is 0 Å². The SMILES string of the molecule is CC/C=C1/CCC(CO)C2C=CC1C2. The largest absolute Gasteiger partial charge is 0.396 e. The van der Waals surface area contributed by atoms with Gasteiger partial charge in [-0.3, -0.25) is 0 Å². The number of hydrogen-bond acceptors (Lipinski definition) is 1. The van der Waals surface area contributed by atoms with Gasteiger partial charge in [0, 0.05) is 6.61 Å². The van der Waals surface area contributed by atoms with Crippen LogP contribution < -0.4 is 0 Å². The highest BCUT2D eigenvalue weighted by molar-refractivity contribution is 5.21. The minimum absolute atomic E-state index is 0.362. The van der Waals surface area contributed by atoms with Gasteiger partial charge in [-0.05, 0) is 43.4 Å². The molecule has 2 aliphatic rings. The summed E-state index contributed by atoms with van der Waals surface area (Å²) in [5.74, 6) is 1.85. The molecule has 1 heteroatoms. The number of aliphatic hydroxyl groups is 1. The predicted molar refractivity (Wildman–Crippen MR) is 58.9 cm³/mol. The van der Waals surface area contributed by atoms with Crippen LogP contribution in [0.2, 0.25) is 0 Å². The van der Waals surface area contributed by atoms with Crippen LogP contribution in [0.3, 0.4) is 0 Å². The summed E-state index contributed by atoms with van der Waals surface area (Å²) in [7, 11) is 0. The molecular weight excluding hydrogens is 172 g/mol. The third-order valence-electron chi connectivity index (χ3n) is 3.70. The topological polar surface area (TPSA) is 20.2 Å². The fraction of sp³-hybridized carbons (Fsp3) is 0.692. The van der Waals surface area contributed by atoms with Gasteiger partial charge >= 0.3 is 0 Å². The maximum atomic E-state index is 9.30. The van der Waals surface area contributed by atoms with Crippen LogP contribution in [-0.4, -0.2) is 11.7 Å². The van der Waals surface area contributed by atoms with Crippen molar-refractivity contribution < 1.29 is 5.11 Å². The van der Waals surface area contributed by atoms with Crippen molar-refractivity contribution >= 4 is 0 Å². The average Bonchev–Trinajstić information content (AvgIpc) is 2.58. The van der Waals surface area contributed by atoms with Crippen molar-refractivity contribution in [2.24, 2.45) is 17.8 Å². The van der Waals surface area contributed by atoms with Gasteiger partial charge in [0.15, 0.2) is 0 Å². The van der Waals surface area contributed by atoms with Gasteiger partial charge in [0.2, 0.25) is 0 Å². The van der Waals surface area contributed by atoms with Gasteiger partial charge < -0.3 is 5.11 Å². The fourth-order valence-electron chi connectivity index (χ4n) is 2.85. The molecule has 1 nitrogen and oxygen atoms in total. The molecule has 3 atom stereocenters. The molecule has 0 amide bonds. The standard InChI is InChI=1S/C13H20O/c1-2-3-10-4-7-13(9-14)12-6-5-11(10)8-12/h3,5-6,11-14H,2,4,7-9H2,1H3/b10-3-. The van der Waals surface area contributed by atoms with E-state index in [2.05, 4.69) is 25.2 Å². The van der Waals surface area contributed by atoms with Gasteiger partial charge in [0.25, 0.3) is 0 Å². The van der Waals surface area contributed by atoms with Crippen LogP contribution in [0.5, 0.6) is 0 Å². The Hall–Kier alpha value is -0.560. The summed E-state index contributed by atoms with van der Waals surface area (Å²) < 4.78 is 0. The number of aliphatic hydroxyl groups excluding tert-OH is 1. The van der Waals surface area contributed by atoms with Crippen LogP contribution >= 0.6 is 0 Å². The van der Waals surface area contributed by atoms with Gasteiger partial charge in [0.1, 0.15) is 0 Å². The smallest absolute Gasteiger partial charge is 0.0465 e. The summed E-state index contributed by atoms with van der Waals surface area (Å²) in [6, 6.07) is 0. The molecule has 2 rings (SSSR count). The second-order valence-corrected chi connectivity index (χ2v) is 4.56. The number of allylic oxidation sites excluding steroid dienone is 4. The predicted octanol–water partition coefficient (Wildman–Crippen LogP) is 2.92. The molecule has 1 fully saturated rings. The molecule has 3 unspecified atom stereocenters. The normalized spacial score (nSPS) is 39.0. The van der Waals surface area contributed by atoms with Crippen LogP contribution in [0, 0.1) is 17.8 Å². The molecule has 1 saturated carbocycles. The zero-order chi connectivity index (χ0) is 9.97. The highest BCUT2D eigenvalue weighted by Gasteiger charge is 2.31. The van der Waals surface area contributed by atoms with Crippen LogP contribution in [0.25, 0.3) is 0 Å². The van der Waals surface area contributed by atoms with E-state index >= 15 is 0 Å². The molecule has 0 spiro atoms. The van der Waals surface area contributed by atoms with E-state index in [1.807, 2.05) is 0 Å². The Morgan fingerprint density at radius 1 is 1.50 bits per heavy atom. The summed E-state index contributed by atoms with van der Waals surface area (Å²) in [5, 5.41) is 9.30. The van der Waals surface area contributed by atoms with E-state index in [9.17, 15) is 5.11 Å². The van der Waals surface area contributed by atoms with E-state index in [1.165, 1.54) is 19.3 Å². The summed E-state index contributed by atoms with van der Waals surface area (Å²) in [4.78, 5) is 0. The number of hydrogen-bond donors (Lipinski definition) is 1. The zero-order valence-corrected chi connectivity index (χ0v) is 8.95. The molecule has 0 aromatic rings. The molecule has 0 aliphatic heterocycles. The summed E-state index contributed by atoms with van der Waals surface area (Å²) in [6.45, 7) is 2.57. The van der Waals surface area contributed by atoms with Crippen LogP contribution in [0.4, 0.5) is 0 Å². The van der Waals surface area contributed by atoms with Crippen molar-refractivity contribution in [3.05, 3.63) is 23.8 Å². The minimum atomic E-state index is 0.362. The average molecular weight is 192 g/mol. The first-order valence-corrected chi connectivity index (χ1v) is 5.83. The lowest BCUT2D eigenvalue weighted by Gasteiger charge is -2.17. The Labute approximate surface area is 86.5 Å². The van der Waals surface area contributed by atoms with Crippen molar-refractivity contribution in [1.82, 2.24) is 0 Å². The maximum absolute atomic E-state index is 9.30. The van der Waals surface area contributed by atoms with Crippen molar-refractivity contribution in [3.8, 4) is 0 Å². The molecule has 0 heterocycles. The molecular formula is C13H20O. The number of rotatable bonds is 2. The van der Waals surface area contributed by atoms with E-state index in [1.54, 1.807) is 5.57 Å². The highest BCUT2D eigenvalue weighted by atomic mass is 16.3. The van der Waals surface area contributed by atoms with E-state index in [4.69, 9.17) is 0 Å². The van der Waals surface area contributed by atoms with Crippen molar-refractivity contribution in [2.75, 3.05) is 6.61 Å². The van der Waals surface area contributed by atoms with E-state index in [-0.39, 0.29) is 0 Å².